The number of hydrogen-bond acceptors (Lipinski definition) is 1. The highest BCUT2D eigenvalue weighted by molar-refractivity contribution is 9.10. The molecule has 21 heavy (non-hydrogen) atoms. The fourth-order valence-electron chi connectivity index (χ4n) is 2.36. The normalized spacial score (nSPS) is 12.4. The van der Waals surface area contributed by atoms with E-state index in [4.69, 9.17) is 23.2 Å². The molecular weight excluding hydrogens is 369 g/mol. The summed E-state index contributed by atoms with van der Waals surface area (Å²) in [7, 11) is 0. The number of benzene rings is 2. The van der Waals surface area contributed by atoms with Gasteiger partial charge in [0.2, 0.25) is 0 Å². The standard InChI is InChI=1S/C17H18BrCl2N/c1-3-21-17(14-7-6-13(19)10-15(14)18)9-12-5-4-11(2)8-16(12)20/h4-8,10,17,21H,3,9H2,1-2H3. The highest BCUT2D eigenvalue weighted by Crippen LogP contribution is 2.30. The van der Waals surface area contributed by atoms with Gasteiger partial charge < -0.3 is 5.32 Å². The van der Waals surface area contributed by atoms with Gasteiger partial charge in [0, 0.05) is 20.6 Å². The van der Waals surface area contributed by atoms with Gasteiger partial charge >= 0.3 is 0 Å². The van der Waals surface area contributed by atoms with Crippen molar-refractivity contribution in [3.05, 3.63) is 67.6 Å². The van der Waals surface area contributed by atoms with Crippen LogP contribution in [0.25, 0.3) is 0 Å². The van der Waals surface area contributed by atoms with E-state index in [9.17, 15) is 0 Å². The maximum atomic E-state index is 6.37. The Morgan fingerprint density at radius 1 is 1.14 bits per heavy atom. The molecule has 1 N–H and O–H groups in total. The van der Waals surface area contributed by atoms with Crippen LogP contribution in [0.15, 0.2) is 40.9 Å². The fourth-order valence-corrected chi connectivity index (χ4v) is 3.63. The van der Waals surface area contributed by atoms with Crippen molar-refractivity contribution in [2.75, 3.05) is 6.54 Å². The Kier molecular flexibility index (Phi) is 6.12. The molecule has 2 aromatic carbocycles. The van der Waals surface area contributed by atoms with Crippen molar-refractivity contribution in [1.29, 1.82) is 0 Å². The monoisotopic (exact) mass is 385 g/mol. The van der Waals surface area contributed by atoms with Crippen molar-refractivity contribution in [3.63, 3.8) is 0 Å². The molecule has 0 amide bonds. The Morgan fingerprint density at radius 2 is 1.90 bits per heavy atom. The lowest BCUT2D eigenvalue weighted by Gasteiger charge is -2.21. The van der Waals surface area contributed by atoms with E-state index in [1.807, 2.05) is 25.1 Å². The number of aryl methyl sites for hydroxylation is 1. The Balaban J connectivity index is 2.30. The second kappa shape index (κ2) is 7.64. The Hall–Kier alpha value is -0.540. The van der Waals surface area contributed by atoms with Crippen molar-refractivity contribution in [2.24, 2.45) is 0 Å². The summed E-state index contributed by atoms with van der Waals surface area (Å²) >= 11 is 16.0. The van der Waals surface area contributed by atoms with Crippen LogP contribution in [-0.2, 0) is 6.42 Å². The average molecular weight is 387 g/mol. The zero-order valence-electron chi connectivity index (χ0n) is 12.1. The van der Waals surface area contributed by atoms with E-state index in [2.05, 4.69) is 46.4 Å². The molecule has 4 heteroatoms. The van der Waals surface area contributed by atoms with E-state index in [-0.39, 0.29) is 6.04 Å². The molecule has 2 aromatic rings. The van der Waals surface area contributed by atoms with Crippen LogP contribution in [0.1, 0.15) is 29.7 Å². The molecule has 1 atom stereocenters. The summed E-state index contributed by atoms with van der Waals surface area (Å²) in [6, 6.07) is 12.3. The summed E-state index contributed by atoms with van der Waals surface area (Å²) in [6.45, 7) is 5.05. The molecule has 0 aliphatic rings. The summed E-state index contributed by atoms with van der Waals surface area (Å²) in [5, 5.41) is 5.07. The van der Waals surface area contributed by atoms with Crippen molar-refractivity contribution < 1.29 is 0 Å². The van der Waals surface area contributed by atoms with Crippen LogP contribution in [0, 0.1) is 6.92 Å². The van der Waals surface area contributed by atoms with E-state index in [0.717, 1.165) is 33.0 Å². The molecule has 0 saturated heterocycles. The lowest BCUT2D eigenvalue weighted by molar-refractivity contribution is 0.548. The van der Waals surface area contributed by atoms with Gasteiger partial charge in [0.15, 0.2) is 0 Å². The van der Waals surface area contributed by atoms with Gasteiger partial charge in [0.1, 0.15) is 0 Å². The second-order valence-corrected chi connectivity index (χ2v) is 6.77. The predicted octanol–water partition coefficient (Wildman–Crippen LogP) is 5.96. The third kappa shape index (κ3) is 4.46. The highest BCUT2D eigenvalue weighted by atomic mass is 79.9. The summed E-state index contributed by atoms with van der Waals surface area (Å²) in [5.74, 6) is 0. The number of halogens is 3. The van der Waals surface area contributed by atoms with Crippen molar-refractivity contribution in [3.8, 4) is 0 Å². The molecule has 0 aliphatic heterocycles. The molecule has 0 heterocycles. The number of nitrogens with one attached hydrogen (secondary N) is 1. The van der Waals surface area contributed by atoms with Crippen molar-refractivity contribution in [1.82, 2.24) is 5.32 Å². The van der Waals surface area contributed by atoms with E-state index in [1.165, 1.54) is 11.1 Å². The summed E-state index contributed by atoms with van der Waals surface area (Å²) in [4.78, 5) is 0. The lowest BCUT2D eigenvalue weighted by atomic mass is 9.98. The van der Waals surface area contributed by atoms with Crippen LogP contribution in [0.4, 0.5) is 0 Å². The molecule has 0 aromatic heterocycles. The first-order valence-electron chi connectivity index (χ1n) is 6.94. The topological polar surface area (TPSA) is 12.0 Å². The van der Waals surface area contributed by atoms with Gasteiger partial charge in [-0.2, -0.15) is 0 Å². The van der Waals surface area contributed by atoms with Gasteiger partial charge in [-0.05, 0) is 54.8 Å². The molecule has 0 aliphatic carbocycles. The van der Waals surface area contributed by atoms with E-state index >= 15 is 0 Å². The number of rotatable bonds is 5. The Bertz CT molecular complexity index is 628. The molecule has 0 bridgehead atoms. The van der Waals surface area contributed by atoms with Crippen LogP contribution in [0.5, 0.6) is 0 Å². The van der Waals surface area contributed by atoms with Gasteiger partial charge in [-0.25, -0.2) is 0 Å². The van der Waals surface area contributed by atoms with Gasteiger partial charge in [-0.3, -0.25) is 0 Å². The quantitative estimate of drug-likeness (QED) is 0.668. The van der Waals surface area contributed by atoms with Crippen LogP contribution < -0.4 is 5.32 Å². The Labute approximate surface area is 144 Å². The maximum absolute atomic E-state index is 6.37. The molecule has 0 radical (unpaired) electrons. The van der Waals surface area contributed by atoms with E-state index < -0.39 is 0 Å². The zero-order chi connectivity index (χ0) is 15.4. The van der Waals surface area contributed by atoms with E-state index in [1.54, 1.807) is 0 Å². The summed E-state index contributed by atoms with van der Waals surface area (Å²) < 4.78 is 1.02. The Morgan fingerprint density at radius 3 is 2.52 bits per heavy atom. The largest absolute Gasteiger partial charge is 0.310 e. The molecule has 112 valence electrons. The predicted molar refractivity (Wildman–Crippen MR) is 95.5 cm³/mol. The van der Waals surface area contributed by atoms with E-state index in [0.29, 0.717) is 0 Å². The fraction of sp³-hybridized carbons (Fsp3) is 0.294. The second-order valence-electron chi connectivity index (χ2n) is 5.08. The molecule has 1 unspecified atom stereocenters. The van der Waals surface area contributed by atoms with Gasteiger partial charge in [-0.15, -0.1) is 0 Å². The van der Waals surface area contributed by atoms with Crippen LogP contribution in [-0.4, -0.2) is 6.54 Å². The molecule has 0 spiro atoms. The minimum atomic E-state index is 0.196. The van der Waals surface area contributed by atoms with Gasteiger partial charge in [0.05, 0.1) is 0 Å². The molecular formula is C17H18BrCl2N. The molecule has 2 rings (SSSR count). The first-order valence-corrected chi connectivity index (χ1v) is 8.49. The SMILES string of the molecule is CCNC(Cc1ccc(C)cc1Cl)c1ccc(Cl)cc1Br. The maximum Gasteiger partial charge on any atom is 0.0441 e. The van der Waals surface area contributed by atoms with Crippen molar-refractivity contribution in [2.45, 2.75) is 26.3 Å². The minimum absolute atomic E-state index is 0.196. The molecule has 0 saturated carbocycles. The smallest absolute Gasteiger partial charge is 0.0441 e. The van der Waals surface area contributed by atoms with Gasteiger partial charge in [0.25, 0.3) is 0 Å². The van der Waals surface area contributed by atoms with Crippen LogP contribution in [0.2, 0.25) is 10.0 Å². The first-order chi connectivity index (χ1) is 10.0. The first kappa shape index (κ1) is 16.8. The van der Waals surface area contributed by atoms with Gasteiger partial charge in [-0.1, -0.05) is 64.3 Å². The number of likely N-dealkylation sites (N-methyl/N-ethyl adjacent to an activating group) is 1. The third-order valence-electron chi connectivity index (χ3n) is 3.42. The lowest BCUT2D eigenvalue weighted by Crippen LogP contribution is -2.23. The molecule has 1 nitrogen and oxygen atoms in total. The summed E-state index contributed by atoms with van der Waals surface area (Å²) in [5.41, 5.74) is 3.52. The third-order valence-corrected chi connectivity index (χ3v) is 4.69. The van der Waals surface area contributed by atoms with Crippen LogP contribution in [0.3, 0.4) is 0 Å². The summed E-state index contributed by atoms with van der Waals surface area (Å²) in [6.07, 6.45) is 0.840. The van der Waals surface area contributed by atoms with Crippen molar-refractivity contribution >= 4 is 39.1 Å². The number of hydrogen-bond donors (Lipinski definition) is 1. The molecule has 0 fully saturated rings. The zero-order valence-corrected chi connectivity index (χ0v) is 15.2. The minimum Gasteiger partial charge on any atom is -0.310 e. The van der Waals surface area contributed by atoms with Crippen LogP contribution >= 0.6 is 39.1 Å². The highest BCUT2D eigenvalue weighted by Gasteiger charge is 2.16. The average Bonchev–Trinajstić information content (AvgIpc) is 2.41.